The van der Waals surface area contributed by atoms with Crippen molar-refractivity contribution in [2.45, 2.75) is 18.3 Å². The molecule has 0 heterocycles. The molecule has 0 amide bonds. The maximum Gasteiger partial charge on any atom is 0.133 e. The molecule has 0 spiro atoms. The Morgan fingerprint density at radius 3 is 2.62 bits per heavy atom. The molecule has 1 fully saturated rings. The molecule has 2 N–H and O–H groups in total. The van der Waals surface area contributed by atoms with Crippen LogP contribution in [0.2, 0.25) is 0 Å². The second kappa shape index (κ2) is 3.00. The van der Waals surface area contributed by atoms with Crippen LogP contribution in [0.5, 0.6) is 5.75 Å². The minimum Gasteiger partial charge on any atom is -0.506 e. The number of benzene rings is 1. The zero-order valence-corrected chi connectivity index (χ0v) is 8.71. The monoisotopic (exact) mass is 242 g/mol. The summed E-state index contributed by atoms with van der Waals surface area (Å²) in [5.41, 5.74) is 0.706. The predicted octanol–water partition coefficient (Wildman–Crippen LogP) is 2.18. The van der Waals surface area contributed by atoms with E-state index in [-0.39, 0.29) is 17.8 Å². The van der Waals surface area contributed by atoms with E-state index in [4.69, 9.17) is 0 Å². The number of hydrogen-bond acceptors (Lipinski definition) is 2. The van der Waals surface area contributed by atoms with E-state index >= 15 is 0 Å². The summed E-state index contributed by atoms with van der Waals surface area (Å²) in [5.74, 6) is 0.272. The van der Waals surface area contributed by atoms with Crippen molar-refractivity contribution >= 4 is 15.9 Å². The van der Waals surface area contributed by atoms with Gasteiger partial charge in [-0.2, -0.15) is 0 Å². The fourth-order valence-electron chi connectivity index (χ4n) is 1.61. The third-order valence-electron chi connectivity index (χ3n) is 2.71. The summed E-state index contributed by atoms with van der Waals surface area (Å²) in [6.07, 6.45) is 1.93. The van der Waals surface area contributed by atoms with Crippen molar-refractivity contribution in [2.75, 3.05) is 6.61 Å². The Labute approximate surface area is 85.3 Å². The molecule has 1 aromatic rings. The Balaban J connectivity index is 2.46. The summed E-state index contributed by atoms with van der Waals surface area (Å²) in [7, 11) is 0. The fourth-order valence-corrected chi connectivity index (χ4v) is 1.97. The van der Waals surface area contributed by atoms with Crippen LogP contribution in [0.15, 0.2) is 22.7 Å². The standard InChI is InChI=1S/C10H11BrO2/c11-8-3-1-2-7(9(8)13)10(6-12)4-5-10/h1-3,12-13H,4-6H2. The number of rotatable bonds is 2. The first-order valence-electron chi connectivity index (χ1n) is 4.28. The number of para-hydroxylation sites is 1. The number of hydrogen-bond donors (Lipinski definition) is 2. The molecule has 13 heavy (non-hydrogen) atoms. The molecule has 0 unspecified atom stereocenters. The molecule has 2 nitrogen and oxygen atoms in total. The van der Waals surface area contributed by atoms with Gasteiger partial charge in [0.1, 0.15) is 5.75 Å². The van der Waals surface area contributed by atoms with E-state index in [1.807, 2.05) is 12.1 Å². The molecule has 70 valence electrons. The average Bonchev–Trinajstić information content (AvgIpc) is 2.90. The minimum absolute atomic E-state index is 0.122. The van der Waals surface area contributed by atoms with E-state index in [9.17, 15) is 10.2 Å². The largest absolute Gasteiger partial charge is 0.506 e. The van der Waals surface area contributed by atoms with Crippen LogP contribution in [-0.2, 0) is 5.41 Å². The first-order chi connectivity index (χ1) is 6.19. The average molecular weight is 243 g/mol. The highest BCUT2D eigenvalue weighted by Crippen LogP contribution is 2.51. The van der Waals surface area contributed by atoms with Crippen molar-refractivity contribution in [3.63, 3.8) is 0 Å². The predicted molar refractivity (Wildman–Crippen MR) is 53.8 cm³/mol. The molecule has 1 aliphatic carbocycles. The van der Waals surface area contributed by atoms with Crippen molar-refractivity contribution in [3.05, 3.63) is 28.2 Å². The molecule has 0 saturated heterocycles. The second-order valence-corrected chi connectivity index (χ2v) is 4.43. The first-order valence-corrected chi connectivity index (χ1v) is 5.08. The fraction of sp³-hybridized carbons (Fsp3) is 0.400. The maximum atomic E-state index is 9.75. The molecule has 0 aliphatic heterocycles. The van der Waals surface area contributed by atoms with Crippen molar-refractivity contribution in [3.8, 4) is 5.75 Å². The van der Waals surface area contributed by atoms with Crippen LogP contribution in [0, 0.1) is 0 Å². The van der Waals surface area contributed by atoms with Crippen LogP contribution in [0.4, 0.5) is 0 Å². The lowest BCUT2D eigenvalue weighted by Crippen LogP contribution is -2.11. The SMILES string of the molecule is OCC1(c2cccc(Br)c2O)CC1. The van der Waals surface area contributed by atoms with Gasteiger partial charge in [-0.3, -0.25) is 0 Å². The summed E-state index contributed by atoms with van der Waals surface area (Å²) in [5, 5.41) is 18.9. The van der Waals surface area contributed by atoms with Gasteiger partial charge in [0.2, 0.25) is 0 Å². The lowest BCUT2D eigenvalue weighted by molar-refractivity contribution is 0.252. The van der Waals surface area contributed by atoms with E-state index in [0.717, 1.165) is 18.4 Å². The quantitative estimate of drug-likeness (QED) is 0.835. The molecule has 0 radical (unpaired) electrons. The molecule has 1 aliphatic rings. The third kappa shape index (κ3) is 1.36. The van der Waals surface area contributed by atoms with Crippen molar-refractivity contribution < 1.29 is 10.2 Å². The first kappa shape index (κ1) is 9.03. The minimum atomic E-state index is -0.159. The van der Waals surface area contributed by atoms with Crippen molar-refractivity contribution in [1.82, 2.24) is 0 Å². The third-order valence-corrected chi connectivity index (χ3v) is 3.35. The molecular formula is C10H11BrO2. The van der Waals surface area contributed by atoms with Crippen LogP contribution in [-0.4, -0.2) is 16.8 Å². The van der Waals surface area contributed by atoms with Crippen LogP contribution < -0.4 is 0 Å². The van der Waals surface area contributed by atoms with Crippen LogP contribution in [0.25, 0.3) is 0 Å². The van der Waals surface area contributed by atoms with Gasteiger partial charge in [-0.25, -0.2) is 0 Å². The molecule has 0 atom stereocenters. The summed E-state index contributed by atoms with van der Waals surface area (Å²) in [6, 6.07) is 5.56. The Bertz CT molecular complexity index is 332. The van der Waals surface area contributed by atoms with Crippen molar-refractivity contribution in [2.24, 2.45) is 0 Å². The Hall–Kier alpha value is -0.540. The lowest BCUT2D eigenvalue weighted by Gasteiger charge is -2.14. The van der Waals surface area contributed by atoms with Gasteiger partial charge in [0, 0.05) is 11.0 Å². The summed E-state index contributed by atoms with van der Waals surface area (Å²) in [6.45, 7) is 0.122. The van der Waals surface area contributed by atoms with Gasteiger partial charge in [0.15, 0.2) is 0 Å². The zero-order valence-electron chi connectivity index (χ0n) is 7.13. The van der Waals surface area contributed by atoms with Gasteiger partial charge in [-0.05, 0) is 34.8 Å². The van der Waals surface area contributed by atoms with Crippen molar-refractivity contribution in [1.29, 1.82) is 0 Å². The molecule has 0 aromatic heterocycles. The smallest absolute Gasteiger partial charge is 0.133 e. The van der Waals surface area contributed by atoms with Crippen LogP contribution in [0.1, 0.15) is 18.4 Å². The van der Waals surface area contributed by atoms with Gasteiger partial charge < -0.3 is 10.2 Å². The van der Waals surface area contributed by atoms with E-state index in [2.05, 4.69) is 15.9 Å². The summed E-state index contributed by atoms with van der Waals surface area (Å²) in [4.78, 5) is 0. The van der Waals surface area contributed by atoms with Crippen LogP contribution in [0.3, 0.4) is 0 Å². The molecule has 2 rings (SSSR count). The molecule has 3 heteroatoms. The number of aromatic hydroxyl groups is 1. The van der Waals surface area contributed by atoms with Gasteiger partial charge in [0.05, 0.1) is 11.1 Å². The zero-order chi connectivity index (χ0) is 9.47. The normalized spacial score (nSPS) is 18.6. The maximum absolute atomic E-state index is 9.75. The number of halogens is 1. The van der Waals surface area contributed by atoms with Crippen LogP contribution >= 0.6 is 15.9 Å². The van der Waals surface area contributed by atoms with E-state index in [0.29, 0.717) is 4.47 Å². The van der Waals surface area contributed by atoms with E-state index in [1.165, 1.54) is 0 Å². The molecule has 0 bridgehead atoms. The Morgan fingerprint density at radius 1 is 1.38 bits per heavy atom. The highest BCUT2D eigenvalue weighted by molar-refractivity contribution is 9.10. The van der Waals surface area contributed by atoms with E-state index in [1.54, 1.807) is 6.07 Å². The number of phenols is 1. The molecule has 1 saturated carbocycles. The Morgan fingerprint density at radius 2 is 2.08 bits per heavy atom. The highest BCUT2D eigenvalue weighted by Gasteiger charge is 2.45. The van der Waals surface area contributed by atoms with Gasteiger partial charge in [0.25, 0.3) is 0 Å². The summed E-state index contributed by atoms with van der Waals surface area (Å²) >= 11 is 3.26. The van der Waals surface area contributed by atoms with E-state index < -0.39 is 0 Å². The summed E-state index contributed by atoms with van der Waals surface area (Å²) < 4.78 is 0.699. The number of aliphatic hydroxyl groups is 1. The van der Waals surface area contributed by atoms with Gasteiger partial charge in [-0.1, -0.05) is 12.1 Å². The number of aliphatic hydroxyl groups excluding tert-OH is 1. The lowest BCUT2D eigenvalue weighted by atomic mass is 9.96. The number of phenolic OH excluding ortho intramolecular Hbond substituents is 1. The molecule has 1 aromatic carbocycles. The highest BCUT2D eigenvalue weighted by atomic mass is 79.9. The van der Waals surface area contributed by atoms with Gasteiger partial charge in [-0.15, -0.1) is 0 Å². The topological polar surface area (TPSA) is 40.5 Å². The Kier molecular flexibility index (Phi) is 2.08. The second-order valence-electron chi connectivity index (χ2n) is 3.57. The molecular weight excluding hydrogens is 232 g/mol. The van der Waals surface area contributed by atoms with Gasteiger partial charge >= 0.3 is 0 Å².